The van der Waals surface area contributed by atoms with Gasteiger partial charge in [-0.15, -0.1) is 8.78 Å². The zero-order valence-electron chi connectivity index (χ0n) is 5.30. The Hall–Kier alpha value is -0.840. The number of carbonyl (C=O) groups excluding carboxylic acids is 1. The van der Waals surface area contributed by atoms with E-state index in [0.29, 0.717) is 0 Å². The highest BCUT2D eigenvalue weighted by Gasteiger charge is 1.78. The fourth-order valence-corrected chi connectivity index (χ4v) is 0.613. The Morgan fingerprint density at radius 3 is 2.27 bits per heavy atom. The molecule has 2 nitrogen and oxygen atoms in total. The molecule has 0 N–H and O–H groups in total. The van der Waals surface area contributed by atoms with Gasteiger partial charge in [0, 0.05) is 16.9 Å². The molecule has 0 bridgehead atoms. The third-order valence-corrected chi connectivity index (χ3v) is 1.09. The van der Waals surface area contributed by atoms with Crippen molar-refractivity contribution in [1.82, 2.24) is 4.98 Å². The summed E-state index contributed by atoms with van der Waals surface area (Å²) in [4.78, 5) is 11.9. The topological polar surface area (TPSA) is 30.0 Å². The highest BCUT2D eigenvalue weighted by molar-refractivity contribution is 9.10. The minimum Gasteiger partial charge on any atom is -0.264 e. The molecule has 0 aliphatic carbocycles. The van der Waals surface area contributed by atoms with Gasteiger partial charge in [-0.1, -0.05) is 0 Å². The van der Waals surface area contributed by atoms with E-state index in [1.54, 1.807) is 12.4 Å². The van der Waals surface area contributed by atoms with Crippen LogP contribution in [-0.2, 0) is 0 Å². The first-order valence-electron chi connectivity index (χ1n) is 2.53. The molecule has 1 aromatic heterocycles. The summed E-state index contributed by atoms with van der Waals surface area (Å²) in [5, 5.41) is 0. The number of hydrogen-bond acceptors (Lipinski definition) is 2. The number of rotatable bonds is 0. The molecular formula is C6H4BrF2NO. The van der Waals surface area contributed by atoms with E-state index in [1.165, 1.54) is 0 Å². The molecule has 0 fully saturated rings. The molecule has 1 aromatic rings. The van der Waals surface area contributed by atoms with Crippen LogP contribution in [0.15, 0.2) is 29.0 Å². The Bertz CT molecular complexity index is 213. The first-order valence-corrected chi connectivity index (χ1v) is 3.32. The molecule has 0 atom stereocenters. The summed E-state index contributed by atoms with van der Waals surface area (Å²) in [7, 11) is 0. The Kier molecular flexibility index (Phi) is 5.46. The van der Waals surface area contributed by atoms with Gasteiger partial charge in [0.2, 0.25) is 0 Å². The van der Waals surface area contributed by atoms with Crippen LogP contribution in [-0.4, -0.2) is 11.3 Å². The van der Waals surface area contributed by atoms with Crippen LogP contribution < -0.4 is 0 Å². The molecule has 0 aliphatic heterocycles. The number of nitrogens with zero attached hydrogens (tertiary/aromatic N) is 1. The highest BCUT2D eigenvalue weighted by Crippen LogP contribution is 2.02. The number of halogens is 3. The zero-order valence-corrected chi connectivity index (χ0v) is 6.88. The van der Waals surface area contributed by atoms with Crippen molar-refractivity contribution < 1.29 is 13.6 Å². The molecule has 0 saturated carbocycles. The van der Waals surface area contributed by atoms with Crippen molar-refractivity contribution in [1.29, 1.82) is 0 Å². The van der Waals surface area contributed by atoms with Crippen molar-refractivity contribution in [3.8, 4) is 0 Å². The quantitative estimate of drug-likeness (QED) is 0.634. The molecule has 60 valence electrons. The SMILES string of the molecule is Brc1cccnc1.O=C(F)F. The molecule has 0 aromatic carbocycles. The van der Waals surface area contributed by atoms with Crippen molar-refractivity contribution in [3.63, 3.8) is 0 Å². The second-order valence-corrected chi connectivity index (χ2v) is 2.31. The fourth-order valence-electron chi connectivity index (χ4n) is 0.342. The maximum atomic E-state index is 9.69. The van der Waals surface area contributed by atoms with Crippen molar-refractivity contribution in [2.75, 3.05) is 0 Å². The van der Waals surface area contributed by atoms with Gasteiger partial charge in [0.05, 0.1) is 0 Å². The van der Waals surface area contributed by atoms with Crippen LogP contribution in [0.3, 0.4) is 0 Å². The average molecular weight is 224 g/mol. The molecule has 1 rings (SSSR count). The molecule has 0 spiro atoms. The summed E-state index contributed by atoms with van der Waals surface area (Å²) in [6.07, 6.45) is 0.658. The van der Waals surface area contributed by atoms with Gasteiger partial charge in [-0.2, -0.15) is 0 Å². The van der Waals surface area contributed by atoms with E-state index in [1.807, 2.05) is 12.1 Å². The second-order valence-electron chi connectivity index (χ2n) is 1.40. The van der Waals surface area contributed by atoms with E-state index in [-0.39, 0.29) is 0 Å². The smallest absolute Gasteiger partial charge is 0.264 e. The molecule has 1 heterocycles. The Morgan fingerprint density at radius 2 is 2.09 bits per heavy atom. The number of pyridine rings is 1. The zero-order chi connectivity index (χ0) is 8.69. The van der Waals surface area contributed by atoms with Crippen LogP contribution in [0.2, 0.25) is 0 Å². The lowest BCUT2D eigenvalue weighted by molar-refractivity contribution is 0.199. The first-order chi connectivity index (χ1) is 5.13. The molecule has 0 unspecified atom stereocenters. The van der Waals surface area contributed by atoms with Crippen molar-refractivity contribution in [2.45, 2.75) is 0 Å². The Balaban J connectivity index is 0.000000218. The lowest BCUT2D eigenvalue weighted by Gasteiger charge is -1.80. The van der Waals surface area contributed by atoms with E-state index < -0.39 is 6.29 Å². The Morgan fingerprint density at radius 1 is 1.55 bits per heavy atom. The third-order valence-electron chi connectivity index (χ3n) is 0.625. The number of hydrogen-bond donors (Lipinski definition) is 0. The second kappa shape index (κ2) is 5.91. The fraction of sp³-hybridized carbons (Fsp3) is 0. The summed E-state index contributed by atoms with van der Waals surface area (Å²) >= 11 is 3.25. The monoisotopic (exact) mass is 223 g/mol. The predicted octanol–water partition coefficient (Wildman–Crippen LogP) is 2.89. The van der Waals surface area contributed by atoms with Gasteiger partial charge in [0.1, 0.15) is 0 Å². The molecule has 0 aliphatic rings. The minimum atomic E-state index is -2.83. The van der Waals surface area contributed by atoms with Crippen LogP contribution in [0.1, 0.15) is 0 Å². The Labute approximate surface area is 70.4 Å². The van der Waals surface area contributed by atoms with Gasteiger partial charge >= 0.3 is 6.29 Å². The lowest BCUT2D eigenvalue weighted by atomic mass is 10.5. The van der Waals surface area contributed by atoms with E-state index in [4.69, 9.17) is 4.79 Å². The summed E-state index contributed by atoms with van der Waals surface area (Å²) in [5.74, 6) is 0. The summed E-state index contributed by atoms with van der Waals surface area (Å²) in [6.45, 7) is 0. The van der Waals surface area contributed by atoms with Gasteiger partial charge in [0.25, 0.3) is 0 Å². The van der Waals surface area contributed by atoms with Crippen LogP contribution in [0, 0.1) is 0 Å². The molecule has 5 heteroatoms. The molecule has 11 heavy (non-hydrogen) atoms. The first kappa shape index (κ1) is 10.2. The van der Waals surface area contributed by atoms with Crippen LogP contribution in [0.5, 0.6) is 0 Å². The third kappa shape index (κ3) is 9.16. The van der Waals surface area contributed by atoms with E-state index in [2.05, 4.69) is 20.9 Å². The minimum absolute atomic E-state index is 1.02. The van der Waals surface area contributed by atoms with Crippen LogP contribution in [0.4, 0.5) is 13.6 Å². The number of aromatic nitrogens is 1. The average Bonchev–Trinajstić information content (AvgIpc) is 1.87. The number of carbonyl (C=O) groups is 1. The van der Waals surface area contributed by atoms with Gasteiger partial charge in [-0.3, -0.25) is 4.98 Å². The van der Waals surface area contributed by atoms with Crippen molar-refractivity contribution in [3.05, 3.63) is 29.0 Å². The largest absolute Gasteiger partial charge is 0.483 e. The normalized spacial score (nSPS) is 7.91. The molecule has 0 saturated heterocycles. The maximum absolute atomic E-state index is 9.69. The van der Waals surface area contributed by atoms with E-state index in [9.17, 15) is 8.78 Å². The predicted molar refractivity (Wildman–Crippen MR) is 39.5 cm³/mol. The molecular weight excluding hydrogens is 220 g/mol. The van der Waals surface area contributed by atoms with Crippen molar-refractivity contribution >= 4 is 22.2 Å². The molecule has 0 amide bonds. The van der Waals surface area contributed by atoms with Gasteiger partial charge in [-0.05, 0) is 28.1 Å². The maximum Gasteiger partial charge on any atom is 0.483 e. The standard InChI is InChI=1S/C5H4BrN.CF2O/c6-5-2-1-3-7-4-5;2-1(3)4/h1-4H;. The van der Waals surface area contributed by atoms with Gasteiger partial charge < -0.3 is 0 Å². The van der Waals surface area contributed by atoms with Crippen LogP contribution in [0.25, 0.3) is 0 Å². The van der Waals surface area contributed by atoms with Crippen LogP contribution >= 0.6 is 15.9 Å². The lowest BCUT2D eigenvalue weighted by Crippen LogP contribution is -1.64. The van der Waals surface area contributed by atoms with E-state index >= 15 is 0 Å². The van der Waals surface area contributed by atoms with E-state index in [0.717, 1.165) is 4.47 Å². The summed E-state index contributed by atoms with van der Waals surface area (Å²) in [6, 6.07) is 3.82. The molecule has 0 radical (unpaired) electrons. The highest BCUT2D eigenvalue weighted by atomic mass is 79.9. The summed E-state index contributed by atoms with van der Waals surface area (Å²) in [5.41, 5.74) is 0. The van der Waals surface area contributed by atoms with Crippen molar-refractivity contribution in [2.24, 2.45) is 0 Å². The van der Waals surface area contributed by atoms with Gasteiger partial charge in [0.15, 0.2) is 0 Å². The van der Waals surface area contributed by atoms with Gasteiger partial charge in [-0.25, -0.2) is 4.79 Å². The summed E-state index contributed by atoms with van der Waals surface area (Å²) < 4.78 is 20.4.